The normalized spacial score (nSPS) is 11.6. The van der Waals surface area contributed by atoms with E-state index < -0.39 is 6.29 Å². The fraction of sp³-hybridized carbons (Fsp3) is 0.192. The van der Waals surface area contributed by atoms with E-state index in [0.29, 0.717) is 35.1 Å². The second-order valence-electron chi connectivity index (χ2n) is 6.98. The first-order valence-corrected chi connectivity index (χ1v) is 10.3. The lowest BCUT2D eigenvalue weighted by Crippen LogP contribution is -2.13. The number of ether oxygens (including phenoxy) is 3. The Hall–Kier alpha value is -3.81. The first kappa shape index (κ1) is 23.8. The van der Waals surface area contributed by atoms with Gasteiger partial charge in [-0.25, -0.2) is 0 Å². The molecule has 7 nitrogen and oxygen atoms in total. The molecular formula is C26H27NO6. The molecule has 3 rings (SSSR count). The number of nitrogens with zero attached hydrogens (tertiary/aromatic N) is 1. The molecule has 0 unspecified atom stereocenters. The number of aliphatic hydroxyl groups is 2. The van der Waals surface area contributed by atoms with Crippen LogP contribution in [0, 0.1) is 0 Å². The number of benzene rings is 3. The smallest absolute Gasteiger partial charge is 0.171 e. The van der Waals surface area contributed by atoms with Crippen LogP contribution in [0.3, 0.4) is 0 Å². The molecule has 172 valence electrons. The van der Waals surface area contributed by atoms with E-state index in [1.54, 1.807) is 31.4 Å². The molecule has 0 radical (unpaired) electrons. The molecule has 0 amide bonds. The number of methoxy groups -OCH3 is 1. The minimum atomic E-state index is -1.52. The summed E-state index contributed by atoms with van der Waals surface area (Å²) in [6.07, 6.45) is 1.31. The number of hydrogen-bond acceptors (Lipinski definition) is 7. The first-order valence-electron chi connectivity index (χ1n) is 10.3. The molecule has 7 heteroatoms. The van der Waals surface area contributed by atoms with Crippen LogP contribution in [-0.2, 0) is 11.4 Å². The molecule has 33 heavy (non-hydrogen) atoms. The van der Waals surface area contributed by atoms with Gasteiger partial charge in [0.25, 0.3) is 0 Å². The Kier molecular flexibility index (Phi) is 8.88. The minimum absolute atomic E-state index is 0.279. The van der Waals surface area contributed by atoms with Crippen molar-refractivity contribution in [1.82, 2.24) is 0 Å². The summed E-state index contributed by atoms with van der Waals surface area (Å²) >= 11 is 0. The molecule has 0 fully saturated rings. The molecule has 0 aliphatic carbocycles. The molecule has 0 bridgehead atoms. The maximum Gasteiger partial charge on any atom is 0.171 e. The van der Waals surface area contributed by atoms with E-state index in [9.17, 15) is 0 Å². The Morgan fingerprint density at radius 2 is 1.64 bits per heavy atom. The molecule has 0 atom stereocenters. The number of hydrogen-bond donors (Lipinski definition) is 2. The zero-order chi connectivity index (χ0) is 23.5. The van der Waals surface area contributed by atoms with Crippen molar-refractivity contribution in [3.8, 4) is 17.2 Å². The molecule has 0 heterocycles. The molecule has 3 aromatic rings. The molecule has 0 saturated heterocycles. The van der Waals surface area contributed by atoms with Crippen molar-refractivity contribution in [1.29, 1.82) is 0 Å². The third-order valence-corrected chi connectivity index (χ3v) is 4.67. The van der Waals surface area contributed by atoms with Crippen molar-refractivity contribution in [2.75, 3.05) is 20.8 Å². The first-order chi connectivity index (χ1) is 16.1. The summed E-state index contributed by atoms with van der Waals surface area (Å²) in [7, 11) is 3.06. The van der Waals surface area contributed by atoms with Gasteiger partial charge in [0.05, 0.1) is 7.11 Å². The van der Waals surface area contributed by atoms with Crippen LogP contribution in [-0.4, -0.2) is 43.0 Å². The Balaban J connectivity index is 1.57. The van der Waals surface area contributed by atoms with Crippen LogP contribution in [0.25, 0.3) is 6.08 Å². The zero-order valence-corrected chi connectivity index (χ0v) is 18.5. The molecule has 3 aromatic carbocycles. The second kappa shape index (κ2) is 12.3. The highest BCUT2D eigenvalue weighted by atomic mass is 16.6. The number of oxime groups is 1. The van der Waals surface area contributed by atoms with Gasteiger partial charge in [-0.1, -0.05) is 53.7 Å². The van der Waals surface area contributed by atoms with Crippen molar-refractivity contribution in [3.05, 3.63) is 95.6 Å². The van der Waals surface area contributed by atoms with Gasteiger partial charge in [0, 0.05) is 17.2 Å². The summed E-state index contributed by atoms with van der Waals surface area (Å²) < 4.78 is 17.1. The van der Waals surface area contributed by atoms with Crippen LogP contribution in [0.1, 0.15) is 16.7 Å². The van der Waals surface area contributed by atoms with Crippen LogP contribution in [0.5, 0.6) is 17.2 Å². The van der Waals surface area contributed by atoms with Crippen molar-refractivity contribution < 1.29 is 29.3 Å². The largest absolute Gasteiger partial charge is 0.496 e. The summed E-state index contributed by atoms with van der Waals surface area (Å²) in [5.74, 6) is 1.92. The molecular weight excluding hydrogens is 422 g/mol. The predicted molar refractivity (Wildman–Crippen MR) is 127 cm³/mol. The minimum Gasteiger partial charge on any atom is -0.496 e. The summed E-state index contributed by atoms with van der Waals surface area (Å²) in [5.41, 5.74) is 3.33. The van der Waals surface area contributed by atoms with Gasteiger partial charge in [0.2, 0.25) is 0 Å². The van der Waals surface area contributed by atoms with Gasteiger partial charge in [0.15, 0.2) is 6.29 Å². The standard InChI is InChI=1S/C26H27NO6/c1-30-25-16-23(14-10-21(25)11-15-26(28)29)32-17-19-8-12-22(13-9-19)33-18-24(27-31-2)20-6-4-3-5-7-20/h3-16,26,28-29H,17-18H2,1-2H3/b15-11+,27-24+. The summed E-state index contributed by atoms with van der Waals surface area (Å²) in [4.78, 5) is 4.94. The van der Waals surface area contributed by atoms with Gasteiger partial charge in [-0.05, 0) is 35.9 Å². The van der Waals surface area contributed by atoms with Crippen LogP contribution >= 0.6 is 0 Å². The molecule has 0 spiro atoms. The topological polar surface area (TPSA) is 89.7 Å². The molecule has 0 aromatic heterocycles. The van der Waals surface area contributed by atoms with Crippen LogP contribution in [0.4, 0.5) is 0 Å². The summed E-state index contributed by atoms with van der Waals surface area (Å²) in [6, 6.07) is 22.7. The summed E-state index contributed by atoms with van der Waals surface area (Å²) in [5, 5.41) is 22.0. The number of aliphatic hydroxyl groups excluding tert-OH is 1. The maximum atomic E-state index is 8.98. The highest BCUT2D eigenvalue weighted by molar-refractivity contribution is 6.01. The SMILES string of the molecule is CO/N=C(\COc1ccc(COc2ccc(/C=C/C(O)O)c(OC)c2)cc1)c1ccccc1. The zero-order valence-electron chi connectivity index (χ0n) is 18.5. The van der Waals surface area contributed by atoms with E-state index in [1.165, 1.54) is 13.2 Å². The lowest BCUT2D eigenvalue weighted by molar-refractivity contribution is 0.00303. The van der Waals surface area contributed by atoms with Crippen LogP contribution in [0.2, 0.25) is 0 Å². The summed E-state index contributed by atoms with van der Waals surface area (Å²) in [6.45, 7) is 0.649. The Morgan fingerprint density at radius 3 is 2.30 bits per heavy atom. The highest BCUT2D eigenvalue weighted by Crippen LogP contribution is 2.26. The molecule has 0 saturated carbocycles. The van der Waals surface area contributed by atoms with Gasteiger partial charge in [0.1, 0.15) is 43.3 Å². The average Bonchev–Trinajstić information content (AvgIpc) is 2.85. The third kappa shape index (κ3) is 7.38. The Bertz CT molecular complexity index is 1060. The van der Waals surface area contributed by atoms with E-state index in [0.717, 1.165) is 11.1 Å². The lowest BCUT2D eigenvalue weighted by Gasteiger charge is -2.11. The van der Waals surface area contributed by atoms with Gasteiger partial charge < -0.3 is 29.3 Å². The van der Waals surface area contributed by atoms with E-state index in [1.807, 2.05) is 54.6 Å². The van der Waals surface area contributed by atoms with Gasteiger partial charge in [-0.2, -0.15) is 0 Å². The quantitative estimate of drug-likeness (QED) is 0.261. The fourth-order valence-corrected chi connectivity index (χ4v) is 3.01. The van der Waals surface area contributed by atoms with E-state index >= 15 is 0 Å². The third-order valence-electron chi connectivity index (χ3n) is 4.67. The van der Waals surface area contributed by atoms with Crippen molar-refractivity contribution in [2.24, 2.45) is 5.16 Å². The van der Waals surface area contributed by atoms with Crippen molar-refractivity contribution >= 4 is 11.8 Å². The van der Waals surface area contributed by atoms with Gasteiger partial charge >= 0.3 is 0 Å². The fourth-order valence-electron chi connectivity index (χ4n) is 3.01. The lowest BCUT2D eigenvalue weighted by atomic mass is 10.1. The molecule has 0 aliphatic rings. The highest BCUT2D eigenvalue weighted by Gasteiger charge is 2.07. The van der Waals surface area contributed by atoms with E-state index in [2.05, 4.69) is 5.16 Å². The van der Waals surface area contributed by atoms with E-state index in [4.69, 9.17) is 29.3 Å². The monoisotopic (exact) mass is 449 g/mol. The van der Waals surface area contributed by atoms with Crippen LogP contribution in [0.15, 0.2) is 84.0 Å². The van der Waals surface area contributed by atoms with Gasteiger partial charge in [-0.3, -0.25) is 0 Å². The molecule has 0 aliphatic heterocycles. The Morgan fingerprint density at radius 1 is 0.909 bits per heavy atom. The van der Waals surface area contributed by atoms with Crippen LogP contribution < -0.4 is 14.2 Å². The van der Waals surface area contributed by atoms with Crippen molar-refractivity contribution in [2.45, 2.75) is 12.9 Å². The predicted octanol–water partition coefficient (Wildman–Crippen LogP) is 4.03. The second-order valence-corrected chi connectivity index (χ2v) is 6.98. The maximum absolute atomic E-state index is 8.98. The van der Waals surface area contributed by atoms with E-state index in [-0.39, 0.29) is 6.61 Å². The number of rotatable bonds is 11. The van der Waals surface area contributed by atoms with Crippen molar-refractivity contribution in [3.63, 3.8) is 0 Å². The Labute approximate surface area is 193 Å². The molecule has 2 N–H and O–H groups in total. The van der Waals surface area contributed by atoms with Gasteiger partial charge in [-0.15, -0.1) is 0 Å². The average molecular weight is 450 g/mol.